The SMILES string of the molecule is CC(=O)NC(CS)C(=O)NCc1cccc([N+](=O)[O-])c1. The molecule has 1 rings (SSSR count). The van der Waals surface area contributed by atoms with Crippen LogP contribution in [0.5, 0.6) is 0 Å². The van der Waals surface area contributed by atoms with Crippen LogP contribution in [-0.4, -0.2) is 28.5 Å². The Hall–Kier alpha value is -2.09. The second kappa shape index (κ2) is 7.49. The van der Waals surface area contributed by atoms with Crippen LogP contribution >= 0.6 is 12.6 Å². The quantitative estimate of drug-likeness (QED) is 0.407. The summed E-state index contributed by atoms with van der Waals surface area (Å²) in [5.74, 6) is -0.545. The van der Waals surface area contributed by atoms with Crippen LogP contribution in [0.2, 0.25) is 0 Å². The summed E-state index contributed by atoms with van der Waals surface area (Å²) in [4.78, 5) is 32.8. The molecule has 0 aromatic heterocycles. The topological polar surface area (TPSA) is 101 Å². The Balaban J connectivity index is 2.62. The van der Waals surface area contributed by atoms with Gasteiger partial charge in [-0.1, -0.05) is 12.1 Å². The molecule has 1 atom stereocenters. The van der Waals surface area contributed by atoms with E-state index in [0.29, 0.717) is 5.56 Å². The average Bonchev–Trinajstić information content (AvgIpc) is 2.42. The highest BCUT2D eigenvalue weighted by Crippen LogP contribution is 2.12. The Morgan fingerprint density at radius 3 is 2.70 bits per heavy atom. The first-order chi connectivity index (χ1) is 9.43. The van der Waals surface area contributed by atoms with Crippen molar-refractivity contribution in [1.29, 1.82) is 0 Å². The molecule has 0 aliphatic carbocycles. The van der Waals surface area contributed by atoms with Gasteiger partial charge in [-0.15, -0.1) is 0 Å². The molecule has 2 N–H and O–H groups in total. The zero-order valence-electron chi connectivity index (χ0n) is 10.8. The number of hydrogen-bond donors (Lipinski definition) is 3. The molecule has 0 bridgehead atoms. The number of non-ortho nitro benzene ring substituents is 1. The number of rotatable bonds is 6. The molecule has 1 aromatic rings. The van der Waals surface area contributed by atoms with Gasteiger partial charge in [0.2, 0.25) is 11.8 Å². The van der Waals surface area contributed by atoms with Crippen molar-refractivity contribution in [3.8, 4) is 0 Å². The van der Waals surface area contributed by atoms with Crippen molar-refractivity contribution in [1.82, 2.24) is 10.6 Å². The molecule has 7 nitrogen and oxygen atoms in total. The van der Waals surface area contributed by atoms with E-state index in [4.69, 9.17) is 0 Å². The summed E-state index contributed by atoms with van der Waals surface area (Å²) in [6, 6.07) is 5.24. The van der Waals surface area contributed by atoms with Gasteiger partial charge in [0.15, 0.2) is 0 Å². The Kier molecular flexibility index (Phi) is 5.98. The van der Waals surface area contributed by atoms with Crippen LogP contribution in [0.1, 0.15) is 12.5 Å². The zero-order chi connectivity index (χ0) is 15.1. The first-order valence-corrected chi connectivity index (χ1v) is 6.46. The molecule has 0 radical (unpaired) electrons. The van der Waals surface area contributed by atoms with Gasteiger partial charge in [0.25, 0.3) is 5.69 Å². The number of thiol groups is 1. The molecule has 20 heavy (non-hydrogen) atoms. The Morgan fingerprint density at radius 2 is 2.15 bits per heavy atom. The van der Waals surface area contributed by atoms with E-state index < -0.39 is 11.0 Å². The van der Waals surface area contributed by atoms with E-state index in [1.54, 1.807) is 12.1 Å². The Morgan fingerprint density at radius 1 is 1.45 bits per heavy atom. The number of nitro groups is 1. The number of nitrogens with one attached hydrogen (secondary N) is 2. The van der Waals surface area contributed by atoms with Gasteiger partial charge in [0.1, 0.15) is 6.04 Å². The first-order valence-electron chi connectivity index (χ1n) is 5.83. The normalized spacial score (nSPS) is 11.5. The van der Waals surface area contributed by atoms with Gasteiger partial charge in [0.05, 0.1) is 4.92 Å². The summed E-state index contributed by atoms with van der Waals surface area (Å²) in [6.45, 7) is 1.45. The first kappa shape index (κ1) is 16.0. The summed E-state index contributed by atoms with van der Waals surface area (Å²) in [6.07, 6.45) is 0. The molecule has 0 spiro atoms. The second-order valence-electron chi connectivity index (χ2n) is 4.08. The lowest BCUT2D eigenvalue weighted by atomic mass is 10.2. The van der Waals surface area contributed by atoms with Crippen LogP contribution in [0.3, 0.4) is 0 Å². The maximum atomic E-state index is 11.8. The van der Waals surface area contributed by atoms with Gasteiger partial charge in [-0.25, -0.2) is 0 Å². The molecule has 0 aliphatic heterocycles. The molecular weight excluding hydrogens is 282 g/mol. The third-order valence-corrected chi connectivity index (χ3v) is 2.83. The number of carbonyl (C=O) groups is 2. The monoisotopic (exact) mass is 297 g/mol. The van der Waals surface area contributed by atoms with Crippen molar-refractivity contribution < 1.29 is 14.5 Å². The van der Waals surface area contributed by atoms with E-state index in [-0.39, 0.29) is 29.8 Å². The van der Waals surface area contributed by atoms with E-state index in [9.17, 15) is 19.7 Å². The van der Waals surface area contributed by atoms with E-state index in [1.807, 2.05) is 0 Å². The molecule has 0 aliphatic rings. The Bertz CT molecular complexity index is 521. The van der Waals surface area contributed by atoms with Gasteiger partial charge < -0.3 is 10.6 Å². The lowest BCUT2D eigenvalue weighted by Crippen LogP contribution is -2.47. The Labute approximate surface area is 121 Å². The van der Waals surface area contributed by atoms with Gasteiger partial charge in [-0.05, 0) is 5.56 Å². The number of carbonyl (C=O) groups excluding carboxylic acids is 2. The van der Waals surface area contributed by atoms with Crippen LogP contribution < -0.4 is 10.6 Å². The van der Waals surface area contributed by atoms with Crippen molar-refractivity contribution in [3.63, 3.8) is 0 Å². The average molecular weight is 297 g/mol. The van der Waals surface area contributed by atoms with E-state index in [2.05, 4.69) is 23.3 Å². The fourth-order valence-corrected chi connectivity index (χ4v) is 1.79. The van der Waals surface area contributed by atoms with Gasteiger partial charge in [-0.2, -0.15) is 12.6 Å². The van der Waals surface area contributed by atoms with Crippen LogP contribution in [0.25, 0.3) is 0 Å². The summed E-state index contributed by atoms with van der Waals surface area (Å²) in [5, 5.41) is 15.7. The fourth-order valence-electron chi connectivity index (χ4n) is 1.53. The van der Waals surface area contributed by atoms with Gasteiger partial charge in [-0.3, -0.25) is 19.7 Å². The zero-order valence-corrected chi connectivity index (χ0v) is 11.7. The van der Waals surface area contributed by atoms with Crippen molar-refractivity contribution in [2.24, 2.45) is 0 Å². The molecule has 0 heterocycles. The maximum Gasteiger partial charge on any atom is 0.269 e. The summed E-state index contributed by atoms with van der Waals surface area (Å²) in [7, 11) is 0. The standard InChI is InChI=1S/C12H15N3O4S/c1-8(16)14-11(7-20)12(17)13-6-9-3-2-4-10(5-9)15(18)19/h2-5,11,20H,6-7H2,1H3,(H,13,17)(H,14,16). The highest BCUT2D eigenvalue weighted by atomic mass is 32.1. The minimum atomic E-state index is -0.727. The largest absolute Gasteiger partial charge is 0.350 e. The van der Waals surface area contributed by atoms with Crippen molar-refractivity contribution in [2.75, 3.05) is 5.75 Å². The third-order valence-electron chi connectivity index (χ3n) is 2.46. The number of nitrogens with zero attached hydrogens (tertiary/aromatic N) is 1. The van der Waals surface area contributed by atoms with Crippen molar-refractivity contribution >= 4 is 30.1 Å². The molecule has 0 saturated heterocycles. The van der Waals surface area contributed by atoms with Crippen molar-refractivity contribution in [3.05, 3.63) is 39.9 Å². The van der Waals surface area contributed by atoms with Crippen LogP contribution in [0, 0.1) is 10.1 Å². The number of hydrogen-bond acceptors (Lipinski definition) is 5. The molecule has 8 heteroatoms. The minimum absolute atomic E-state index is 0.0376. The highest BCUT2D eigenvalue weighted by molar-refractivity contribution is 7.80. The van der Waals surface area contributed by atoms with Gasteiger partial charge in [0, 0.05) is 31.4 Å². The fraction of sp³-hybridized carbons (Fsp3) is 0.333. The number of nitro benzene ring substituents is 1. The van der Waals surface area contributed by atoms with Crippen molar-refractivity contribution in [2.45, 2.75) is 19.5 Å². The van der Waals surface area contributed by atoms with Crippen LogP contribution in [0.15, 0.2) is 24.3 Å². The molecular formula is C12H15N3O4S. The summed E-state index contributed by atoms with van der Waals surface area (Å²) >= 11 is 3.99. The third kappa shape index (κ3) is 4.88. The highest BCUT2D eigenvalue weighted by Gasteiger charge is 2.17. The van der Waals surface area contributed by atoms with E-state index >= 15 is 0 Å². The van der Waals surface area contributed by atoms with Crippen LogP contribution in [-0.2, 0) is 16.1 Å². The lowest BCUT2D eigenvalue weighted by molar-refractivity contribution is -0.384. The van der Waals surface area contributed by atoms with Crippen LogP contribution in [0.4, 0.5) is 5.69 Å². The van der Waals surface area contributed by atoms with Gasteiger partial charge >= 0.3 is 0 Å². The molecule has 1 unspecified atom stereocenters. The second-order valence-corrected chi connectivity index (χ2v) is 4.45. The molecule has 0 saturated carbocycles. The predicted octanol–water partition coefficient (Wildman–Crippen LogP) is 0.645. The van der Waals surface area contributed by atoms with E-state index in [1.165, 1.54) is 19.1 Å². The molecule has 108 valence electrons. The molecule has 1 aromatic carbocycles. The summed E-state index contributed by atoms with van der Waals surface area (Å²) < 4.78 is 0. The minimum Gasteiger partial charge on any atom is -0.350 e. The summed E-state index contributed by atoms with van der Waals surface area (Å²) in [5.41, 5.74) is 0.567. The smallest absolute Gasteiger partial charge is 0.269 e. The molecule has 2 amide bonds. The predicted molar refractivity (Wildman–Crippen MR) is 76.4 cm³/mol. The van der Waals surface area contributed by atoms with E-state index in [0.717, 1.165) is 0 Å². The lowest BCUT2D eigenvalue weighted by Gasteiger charge is -2.15. The number of amides is 2. The maximum absolute atomic E-state index is 11.8. The molecule has 0 fully saturated rings. The number of benzene rings is 1.